The van der Waals surface area contributed by atoms with E-state index in [2.05, 4.69) is 16.4 Å². The summed E-state index contributed by atoms with van der Waals surface area (Å²) < 4.78 is 6.28. The smallest absolute Gasteiger partial charge is 0.265 e. The van der Waals surface area contributed by atoms with Gasteiger partial charge in [-0.2, -0.15) is 0 Å². The summed E-state index contributed by atoms with van der Waals surface area (Å²) in [6.07, 6.45) is 0. The zero-order valence-corrected chi connectivity index (χ0v) is 15.7. The average Bonchev–Trinajstić information content (AvgIpc) is 3.29. The lowest BCUT2D eigenvalue weighted by molar-refractivity contribution is 0.103. The second-order valence-electron chi connectivity index (χ2n) is 5.74. The van der Waals surface area contributed by atoms with Crippen molar-refractivity contribution in [1.82, 2.24) is 4.98 Å². The zero-order valence-electron chi connectivity index (χ0n) is 14.1. The first-order valence-corrected chi connectivity index (χ1v) is 9.71. The Morgan fingerprint density at radius 3 is 2.81 bits per heavy atom. The van der Waals surface area contributed by atoms with Crippen LogP contribution in [0.15, 0.2) is 60.7 Å². The van der Waals surface area contributed by atoms with E-state index >= 15 is 0 Å². The number of aromatic nitrogens is 1. The van der Waals surface area contributed by atoms with Gasteiger partial charge in [-0.05, 0) is 42.0 Å². The van der Waals surface area contributed by atoms with E-state index in [1.165, 1.54) is 11.3 Å². The second-order valence-corrected chi connectivity index (χ2v) is 7.85. The highest BCUT2D eigenvalue weighted by Crippen LogP contribution is 2.34. The SMILES string of the molecule is COCc1cccc(NC(=O)c2ccc(-c3nc4ccccc4s3)s2)c1. The molecule has 6 heteroatoms. The van der Waals surface area contributed by atoms with Crippen molar-refractivity contribution >= 4 is 44.5 Å². The molecule has 0 unspecified atom stereocenters. The van der Waals surface area contributed by atoms with Crippen LogP contribution in [0.2, 0.25) is 0 Å². The van der Waals surface area contributed by atoms with Gasteiger partial charge in [-0.25, -0.2) is 4.98 Å². The molecule has 4 nitrogen and oxygen atoms in total. The first kappa shape index (κ1) is 16.9. The number of para-hydroxylation sites is 1. The highest BCUT2D eigenvalue weighted by atomic mass is 32.1. The number of methoxy groups -OCH3 is 1. The van der Waals surface area contributed by atoms with Crippen LogP contribution in [0.5, 0.6) is 0 Å². The lowest BCUT2D eigenvalue weighted by Gasteiger charge is -2.06. The minimum atomic E-state index is -0.114. The standard InChI is InChI=1S/C20H16N2O2S2/c1-24-12-13-5-4-6-14(11-13)21-19(23)17-9-10-18(25-17)20-22-15-7-2-3-8-16(15)26-20/h2-11H,12H2,1H3,(H,21,23). The van der Waals surface area contributed by atoms with Crippen molar-refractivity contribution in [1.29, 1.82) is 0 Å². The lowest BCUT2D eigenvalue weighted by atomic mass is 10.2. The fourth-order valence-electron chi connectivity index (χ4n) is 2.65. The molecule has 0 aliphatic rings. The molecule has 130 valence electrons. The van der Waals surface area contributed by atoms with Crippen molar-refractivity contribution in [2.45, 2.75) is 6.61 Å². The Labute approximate surface area is 159 Å². The van der Waals surface area contributed by atoms with Gasteiger partial charge in [0.05, 0.1) is 26.6 Å². The molecule has 0 bridgehead atoms. The fourth-order valence-corrected chi connectivity index (χ4v) is 4.57. The minimum absolute atomic E-state index is 0.114. The molecule has 1 N–H and O–H groups in total. The number of amides is 1. The molecule has 2 aromatic carbocycles. The van der Waals surface area contributed by atoms with E-state index < -0.39 is 0 Å². The molecule has 4 rings (SSSR count). The van der Waals surface area contributed by atoms with E-state index in [9.17, 15) is 4.79 Å². The van der Waals surface area contributed by atoms with Crippen molar-refractivity contribution in [2.24, 2.45) is 0 Å². The number of fused-ring (bicyclic) bond motifs is 1. The van der Waals surface area contributed by atoms with Gasteiger partial charge in [0.2, 0.25) is 0 Å². The maximum atomic E-state index is 12.6. The van der Waals surface area contributed by atoms with Crippen LogP contribution in [0.3, 0.4) is 0 Å². The number of hydrogen-bond donors (Lipinski definition) is 1. The number of thiophene rings is 1. The van der Waals surface area contributed by atoms with Crippen LogP contribution in [0.1, 0.15) is 15.2 Å². The Balaban J connectivity index is 1.53. The van der Waals surface area contributed by atoms with E-state index in [0.29, 0.717) is 11.5 Å². The van der Waals surface area contributed by atoms with Crippen LogP contribution in [0, 0.1) is 0 Å². The number of carbonyl (C=O) groups excluding carboxylic acids is 1. The van der Waals surface area contributed by atoms with Crippen LogP contribution in [0.4, 0.5) is 5.69 Å². The third-order valence-electron chi connectivity index (χ3n) is 3.83. The monoisotopic (exact) mass is 380 g/mol. The summed E-state index contributed by atoms with van der Waals surface area (Å²) in [5.74, 6) is -0.114. The minimum Gasteiger partial charge on any atom is -0.380 e. The fraction of sp³-hybridized carbons (Fsp3) is 0.100. The lowest BCUT2D eigenvalue weighted by Crippen LogP contribution is -2.10. The molecule has 0 spiro atoms. The van der Waals surface area contributed by atoms with Gasteiger partial charge < -0.3 is 10.1 Å². The summed E-state index contributed by atoms with van der Waals surface area (Å²) in [6, 6.07) is 19.5. The summed E-state index contributed by atoms with van der Waals surface area (Å²) in [6.45, 7) is 0.518. The van der Waals surface area contributed by atoms with Crippen LogP contribution >= 0.6 is 22.7 Å². The Morgan fingerprint density at radius 2 is 1.96 bits per heavy atom. The van der Waals surface area contributed by atoms with E-state index in [1.54, 1.807) is 18.4 Å². The topological polar surface area (TPSA) is 51.2 Å². The molecule has 0 saturated heterocycles. The predicted octanol–water partition coefficient (Wildman–Crippen LogP) is 5.42. The van der Waals surface area contributed by atoms with Crippen molar-refractivity contribution < 1.29 is 9.53 Å². The highest BCUT2D eigenvalue weighted by molar-refractivity contribution is 7.26. The molecule has 26 heavy (non-hydrogen) atoms. The van der Waals surface area contributed by atoms with Crippen molar-refractivity contribution in [3.8, 4) is 9.88 Å². The Bertz CT molecular complexity index is 1040. The number of carbonyl (C=O) groups is 1. The highest BCUT2D eigenvalue weighted by Gasteiger charge is 2.13. The largest absolute Gasteiger partial charge is 0.380 e. The maximum Gasteiger partial charge on any atom is 0.265 e. The molecule has 2 aromatic heterocycles. The number of ether oxygens (including phenoxy) is 1. The Kier molecular flexibility index (Phi) is 4.79. The van der Waals surface area contributed by atoms with E-state index in [-0.39, 0.29) is 5.91 Å². The van der Waals surface area contributed by atoms with E-state index in [1.807, 2.05) is 54.6 Å². The summed E-state index contributed by atoms with van der Waals surface area (Å²) in [7, 11) is 1.65. The third-order valence-corrected chi connectivity index (χ3v) is 6.12. The second kappa shape index (κ2) is 7.37. The number of hydrogen-bond acceptors (Lipinski definition) is 5. The zero-order chi connectivity index (χ0) is 17.9. The maximum absolute atomic E-state index is 12.6. The van der Waals surface area contributed by atoms with Crippen LogP contribution < -0.4 is 5.32 Å². The molecule has 0 saturated carbocycles. The van der Waals surface area contributed by atoms with Crippen LogP contribution in [-0.2, 0) is 11.3 Å². The number of benzene rings is 2. The quantitative estimate of drug-likeness (QED) is 0.503. The van der Waals surface area contributed by atoms with Crippen molar-refractivity contribution in [3.05, 3.63) is 71.1 Å². The van der Waals surface area contributed by atoms with E-state index in [4.69, 9.17) is 4.74 Å². The number of nitrogens with one attached hydrogen (secondary N) is 1. The third kappa shape index (κ3) is 3.53. The Morgan fingerprint density at radius 1 is 1.08 bits per heavy atom. The molecule has 0 aliphatic heterocycles. The van der Waals surface area contributed by atoms with Crippen molar-refractivity contribution in [3.63, 3.8) is 0 Å². The number of nitrogens with zero attached hydrogens (tertiary/aromatic N) is 1. The Hall–Kier alpha value is -2.54. The summed E-state index contributed by atoms with van der Waals surface area (Å²) in [5, 5.41) is 3.89. The molecular formula is C20H16N2O2S2. The summed E-state index contributed by atoms with van der Waals surface area (Å²) in [4.78, 5) is 18.9. The summed E-state index contributed by atoms with van der Waals surface area (Å²) >= 11 is 3.09. The van der Waals surface area contributed by atoms with Gasteiger partial charge >= 0.3 is 0 Å². The van der Waals surface area contributed by atoms with Gasteiger partial charge in [-0.1, -0.05) is 24.3 Å². The normalized spacial score (nSPS) is 11.0. The van der Waals surface area contributed by atoms with E-state index in [0.717, 1.165) is 31.4 Å². The van der Waals surface area contributed by atoms with Gasteiger partial charge in [-0.3, -0.25) is 4.79 Å². The summed E-state index contributed by atoms with van der Waals surface area (Å²) in [5.41, 5.74) is 2.77. The predicted molar refractivity (Wildman–Crippen MR) is 108 cm³/mol. The van der Waals surface area contributed by atoms with Crippen molar-refractivity contribution in [2.75, 3.05) is 12.4 Å². The van der Waals surface area contributed by atoms with Gasteiger partial charge in [0.25, 0.3) is 5.91 Å². The van der Waals surface area contributed by atoms with Crippen LogP contribution in [-0.4, -0.2) is 18.0 Å². The number of rotatable bonds is 5. The molecule has 1 amide bonds. The average molecular weight is 380 g/mol. The molecule has 4 aromatic rings. The van der Waals surface area contributed by atoms with Crippen LogP contribution in [0.25, 0.3) is 20.1 Å². The number of anilines is 1. The van der Waals surface area contributed by atoms with Gasteiger partial charge in [0, 0.05) is 12.8 Å². The first-order valence-electron chi connectivity index (χ1n) is 8.08. The molecule has 0 aliphatic carbocycles. The molecule has 0 atom stereocenters. The van der Waals surface area contributed by atoms with Gasteiger partial charge in [0.1, 0.15) is 5.01 Å². The molecular weight excluding hydrogens is 364 g/mol. The number of thiazole rings is 1. The molecule has 0 radical (unpaired) electrons. The molecule has 2 heterocycles. The molecule has 0 fully saturated rings. The first-order chi connectivity index (χ1) is 12.7. The van der Waals surface area contributed by atoms with Gasteiger partial charge in [-0.15, -0.1) is 22.7 Å². The van der Waals surface area contributed by atoms with Gasteiger partial charge in [0.15, 0.2) is 0 Å².